The Morgan fingerprint density at radius 3 is 2.56 bits per heavy atom. The summed E-state index contributed by atoms with van der Waals surface area (Å²) in [6.45, 7) is 1.98. The summed E-state index contributed by atoms with van der Waals surface area (Å²) in [5.41, 5.74) is 7.45. The van der Waals surface area contributed by atoms with Gasteiger partial charge < -0.3 is 5.73 Å². The SMILES string of the molecule is Cc1ccc(Sc2ccccc2Cl)c(C(=N)N)c1. The summed E-state index contributed by atoms with van der Waals surface area (Å²) < 4.78 is 0. The van der Waals surface area contributed by atoms with Crippen molar-refractivity contribution >= 4 is 29.2 Å². The third kappa shape index (κ3) is 2.86. The predicted octanol–water partition coefficient (Wildman–Crippen LogP) is 4.08. The number of amidine groups is 1. The first-order valence-electron chi connectivity index (χ1n) is 5.45. The number of nitrogen functional groups attached to an aromatic ring is 1. The normalized spacial score (nSPS) is 10.3. The van der Waals surface area contributed by atoms with Gasteiger partial charge in [0.15, 0.2) is 0 Å². The fourth-order valence-electron chi connectivity index (χ4n) is 1.59. The third-order valence-corrected chi connectivity index (χ3v) is 4.08. The summed E-state index contributed by atoms with van der Waals surface area (Å²) in [5.74, 6) is 0.0771. The Morgan fingerprint density at radius 1 is 1.17 bits per heavy atom. The van der Waals surface area contributed by atoms with Crippen LogP contribution >= 0.6 is 23.4 Å². The average molecular weight is 277 g/mol. The van der Waals surface area contributed by atoms with E-state index < -0.39 is 0 Å². The van der Waals surface area contributed by atoms with E-state index in [9.17, 15) is 0 Å². The molecule has 0 radical (unpaired) electrons. The Balaban J connectivity index is 2.41. The van der Waals surface area contributed by atoms with Gasteiger partial charge in [0, 0.05) is 15.4 Å². The average Bonchev–Trinajstić information content (AvgIpc) is 2.34. The molecule has 0 fully saturated rings. The third-order valence-electron chi connectivity index (χ3n) is 2.48. The van der Waals surface area contributed by atoms with Gasteiger partial charge in [0.1, 0.15) is 5.84 Å². The van der Waals surface area contributed by atoms with Crippen LogP contribution in [0, 0.1) is 12.3 Å². The van der Waals surface area contributed by atoms with Gasteiger partial charge in [-0.2, -0.15) is 0 Å². The van der Waals surface area contributed by atoms with E-state index in [1.807, 2.05) is 49.4 Å². The Hall–Kier alpha value is -1.45. The van der Waals surface area contributed by atoms with Gasteiger partial charge in [-0.25, -0.2) is 0 Å². The van der Waals surface area contributed by atoms with Crippen LogP contribution < -0.4 is 5.73 Å². The summed E-state index contributed by atoms with van der Waals surface area (Å²) in [7, 11) is 0. The van der Waals surface area contributed by atoms with E-state index in [1.165, 1.54) is 11.8 Å². The molecule has 2 rings (SSSR count). The van der Waals surface area contributed by atoms with Crippen LogP contribution in [0.5, 0.6) is 0 Å². The van der Waals surface area contributed by atoms with E-state index in [1.54, 1.807) is 0 Å². The molecule has 92 valence electrons. The topological polar surface area (TPSA) is 49.9 Å². The van der Waals surface area contributed by atoms with Crippen molar-refractivity contribution in [2.24, 2.45) is 5.73 Å². The van der Waals surface area contributed by atoms with Crippen molar-refractivity contribution in [3.63, 3.8) is 0 Å². The van der Waals surface area contributed by atoms with Crippen molar-refractivity contribution in [1.82, 2.24) is 0 Å². The highest BCUT2D eigenvalue weighted by Gasteiger charge is 2.09. The molecule has 18 heavy (non-hydrogen) atoms. The highest BCUT2D eigenvalue weighted by Crippen LogP contribution is 2.35. The second-order valence-corrected chi connectivity index (χ2v) is 5.44. The van der Waals surface area contributed by atoms with Crippen molar-refractivity contribution in [3.8, 4) is 0 Å². The van der Waals surface area contributed by atoms with Gasteiger partial charge in [-0.05, 0) is 31.2 Å². The monoisotopic (exact) mass is 276 g/mol. The van der Waals surface area contributed by atoms with E-state index in [2.05, 4.69) is 0 Å². The van der Waals surface area contributed by atoms with E-state index in [0.29, 0.717) is 5.02 Å². The molecule has 0 unspecified atom stereocenters. The number of nitrogens with two attached hydrogens (primary N) is 1. The lowest BCUT2D eigenvalue weighted by atomic mass is 10.1. The van der Waals surface area contributed by atoms with E-state index in [-0.39, 0.29) is 5.84 Å². The number of aryl methyl sites for hydroxylation is 1. The van der Waals surface area contributed by atoms with Crippen molar-refractivity contribution in [2.75, 3.05) is 0 Å². The summed E-state index contributed by atoms with van der Waals surface area (Å²) in [6, 6.07) is 13.5. The van der Waals surface area contributed by atoms with E-state index >= 15 is 0 Å². The smallest absolute Gasteiger partial charge is 0.123 e. The van der Waals surface area contributed by atoms with Crippen LogP contribution in [-0.2, 0) is 0 Å². The van der Waals surface area contributed by atoms with Crippen molar-refractivity contribution < 1.29 is 0 Å². The predicted molar refractivity (Wildman–Crippen MR) is 77.8 cm³/mol. The van der Waals surface area contributed by atoms with Gasteiger partial charge in [-0.15, -0.1) is 0 Å². The van der Waals surface area contributed by atoms with Gasteiger partial charge in [0.2, 0.25) is 0 Å². The van der Waals surface area contributed by atoms with Gasteiger partial charge >= 0.3 is 0 Å². The zero-order valence-electron chi connectivity index (χ0n) is 9.91. The van der Waals surface area contributed by atoms with Gasteiger partial charge in [0.25, 0.3) is 0 Å². The van der Waals surface area contributed by atoms with Gasteiger partial charge in [-0.3, -0.25) is 5.41 Å². The summed E-state index contributed by atoms with van der Waals surface area (Å²) >= 11 is 7.66. The molecule has 0 saturated heterocycles. The molecule has 0 heterocycles. The van der Waals surface area contributed by atoms with Crippen LogP contribution in [0.2, 0.25) is 5.02 Å². The molecule has 0 amide bonds. The standard InChI is InChI=1S/C14H13ClN2S/c1-9-6-7-12(10(8-9)14(16)17)18-13-5-3-2-4-11(13)15/h2-8H,1H3,(H3,16,17). The van der Waals surface area contributed by atoms with Crippen molar-refractivity contribution in [3.05, 3.63) is 58.6 Å². The Morgan fingerprint density at radius 2 is 1.89 bits per heavy atom. The maximum absolute atomic E-state index is 7.62. The zero-order chi connectivity index (χ0) is 13.1. The second kappa shape index (κ2) is 5.46. The number of nitrogens with one attached hydrogen (secondary N) is 1. The van der Waals surface area contributed by atoms with Crippen LogP contribution in [0.15, 0.2) is 52.3 Å². The van der Waals surface area contributed by atoms with Gasteiger partial charge in [0.05, 0.1) is 5.02 Å². The first-order chi connectivity index (χ1) is 8.58. The molecule has 0 aliphatic carbocycles. The molecular weight excluding hydrogens is 264 g/mol. The number of rotatable bonds is 3. The lowest BCUT2D eigenvalue weighted by Gasteiger charge is -2.09. The minimum absolute atomic E-state index is 0.0771. The van der Waals surface area contributed by atoms with Crippen LogP contribution in [0.4, 0.5) is 0 Å². The number of hydrogen-bond donors (Lipinski definition) is 2. The minimum atomic E-state index is 0.0771. The molecule has 0 saturated carbocycles. The molecule has 0 aliphatic heterocycles. The molecule has 0 bridgehead atoms. The van der Waals surface area contributed by atoms with Crippen LogP contribution in [0.25, 0.3) is 0 Å². The summed E-state index contributed by atoms with van der Waals surface area (Å²) in [5, 5.41) is 8.33. The lowest BCUT2D eigenvalue weighted by Crippen LogP contribution is -2.12. The summed E-state index contributed by atoms with van der Waals surface area (Å²) in [6.07, 6.45) is 0. The molecule has 4 heteroatoms. The highest BCUT2D eigenvalue weighted by molar-refractivity contribution is 7.99. The molecule has 0 spiro atoms. The fourth-order valence-corrected chi connectivity index (χ4v) is 2.80. The molecule has 2 aromatic carbocycles. The Labute approximate surface area is 116 Å². The minimum Gasteiger partial charge on any atom is -0.384 e. The van der Waals surface area contributed by atoms with E-state index in [0.717, 1.165) is 20.9 Å². The van der Waals surface area contributed by atoms with Crippen LogP contribution in [0.3, 0.4) is 0 Å². The highest BCUT2D eigenvalue weighted by atomic mass is 35.5. The largest absolute Gasteiger partial charge is 0.384 e. The van der Waals surface area contributed by atoms with Crippen LogP contribution in [-0.4, -0.2) is 5.84 Å². The first kappa shape index (κ1) is 13.0. The zero-order valence-corrected chi connectivity index (χ0v) is 11.5. The quantitative estimate of drug-likeness (QED) is 0.655. The van der Waals surface area contributed by atoms with Crippen molar-refractivity contribution in [2.45, 2.75) is 16.7 Å². The maximum atomic E-state index is 7.62. The number of hydrogen-bond acceptors (Lipinski definition) is 2. The molecule has 0 aromatic heterocycles. The van der Waals surface area contributed by atoms with Crippen LogP contribution in [0.1, 0.15) is 11.1 Å². The molecule has 3 N–H and O–H groups in total. The Kier molecular flexibility index (Phi) is 3.94. The molecule has 0 aliphatic rings. The van der Waals surface area contributed by atoms with Crippen molar-refractivity contribution in [1.29, 1.82) is 5.41 Å². The summed E-state index contributed by atoms with van der Waals surface area (Å²) in [4.78, 5) is 1.91. The first-order valence-corrected chi connectivity index (χ1v) is 6.65. The lowest BCUT2D eigenvalue weighted by molar-refractivity contribution is 1.30. The van der Waals surface area contributed by atoms with E-state index in [4.69, 9.17) is 22.7 Å². The maximum Gasteiger partial charge on any atom is 0.123 e. The number of halogens is 1. The molecule has 0 atom stereocenters. The molecule has 2 nitrogen and oxygen atoms in total. The Bertz CT molecular complexity index is 596. The van der Waals surface area contributed by atoms with Gasteiger partial charge in [-0.1, -0.05) is 47.1 Å². The fraction of sp³-hybridized carbons (Fsp3) is 0.0714. The number of benzene rings is 2. The second-order valence-electron chi connectivity index (χ2n) is 3.95. The molecule has 2 aromatic rings. The molecular formula is C14H13ClN2S.